The summed E-state index contributed by atoms with van der Waals surface area (Å²) in [5.41, 5.74) is 2.66. The lowest BCUT2D eigenvalue weighted by Gasteiger charge is -2.33. The molecule has 0 bridgehead atoms. The minimum absolute atomic E-state index is 0.106. The monoisotopic (exact) mass is 715 g/mol. The lowest BCUT2D eigenvalue weighted by Crippen LogP contribution is -2.30. The number of anilines is 2. The van der Waals surface area contributed by atoms with E-state index in [1.54, 1.807) is 42.5 Å². The third-order valence-electron chi connectivity index (χ3n) is 8.51. The molecule has 0 aliphatic heterocycles. The van der Waals surface area contributed by atoms with Crippen molar-refractivity contribution in [2.45, 2.75) is 63.5 Å². The number of hydrogen-bond acceptors (Lipinski definition) is 8. The Morgan fingerprint density at radius 1 is 1.02 bits per heavy atom. The number of methoxy groups -OCH3 is 1. The van der Waals surface area contributed by atoms with E-state index in [0.717, 1.165) is 39.5 Å². The summed E-state index contributed by atoms with van der Waals surface area (Å²) in [5, 5.41) is 10.7. The predicted molar refractivity (Wildman–Crippen MR) is 200 cm³/mol. The largest absolute Gasteiger partial charge is 0.465 e. The minimum Gasteiger partial charge on any atom is -0.465 e. The zero-order valence-electron chi connectivity index (χ0n) is 28.3. The fourth-order valence-corrected chi connectivity index (χ4v) is 8.70. The van der Waals surface area contributed by atoms with Crippen LogP contribution in [0, 0.1) is 11.3 Å². The SMILES string of the molecule is CCC(Sc1cccc(NC(=O)/C(=C/c2cccs2)NC(=O)c2ccccc2)c1)C(=O)Nc1sc2c(c1C(=O)OC)CCC(C(C)(C)C)C2. The van der Waals surface area contributed by atoms with Crippen molar-refractivity contribution in [3.63, 3.8) is 0 Å². The molecule has 8 nitrogen and oxygen atoms in total. The Kier molecular flexibility index (Phi) is 11.8. The fraction of sp³-hybridized carbons (Fsp3) is 0.316. The number of carbonyl (C=O) groups is 4. The van der Waals surface area contributed by atoms with Gasteiger partial charge >= 0.3 is 5.97 Å². The first-order chi connectivity index (χ1) is 23.5. The highest BCUT2D eigenvalue weighted by Gasteiger charge is 2.35. The van der Waals surface area contributed by atoms with Crippen LogP contribution >= 0.6 is 34.4 Å². The lowest BCUT2D eigenvalue weighted by molar-refractivity contribution is -0.116. The van der Waals surface area contributed by atoms with Gasteiger partial charge in [-0.1, -0.05) is 58.0 Å². The van der Waals surface area contributed by atoms with Gasteiger partial charge in [0.1, 0.15) is 10.7 Å². The number of thiophene rings is 2. The van der Waals surface area contributed by atoms with Crippen molar-refractivity contribution < 1.29 is 23.9 Å². The number of thioether (sulfide) groups is 1. The first kappa shape index (κ1) is 36.1. The number of hydrogen-bond donors (Lipinski definition) is 3. The summed E-state index contributed by atoms with van der Waals surface area (Å²) in [4.78, 5) is 55.7. The Bertz CT molecular complexity index is 1840. The van der Waals surface area contributed by atoms with Crippen LogP contribution in [0.3, 0.4) is 0 Å². The molecular weight excluding hydrogens is 675 g/mol. The number of rotatable bonds is 11. The molecule has 2 aromatic heterocycles. The molecule has 2 unspecified atom stereocenters. The number of amides is 3. The fourth-order valence-electron chi connectivity index (χ4n) is 5.71. The van der Waals surface area contributed by atoms with Crippen LogP contribution in [0.15, 0.2) is 82.7 Å². The van der Waals surface area contributed by atoms with Crippen molar-refractivity contribution in [3.8, 4) is 0 Å². The molecule has 0 fully saturated rings. The highest BCUT2D eigenvalue weighted by Crippen LogP contribution is 2.45. The molecule has 2 atom stereocenters. The van der Waals surface area contributed by atoms with Gasteiger partial charge in [-0.3, -0.25) is 14.4 Å². The second-order valence-corrected chi connectivity index (χ2v) is 16.2. The molecule has 3 amide bonds. The Hall–Kier alpha value is -4.19. The summed E-state index contributed by atoms with van der Waals surface area (Å²) in [6, 6.07) is 19.7. The second kappa shape index (κ2) is 16.0. The standard InChI is InChI=1S/C38H41N3O5S3/c1-6-30(35(44)41-36-32(37(45)46-5)28-18-17-24(38(2,3)4)20-31(28)49-36)48-27-15-10-14-25(21-27)39-34(43)29(22-26-16-11-19-47-26)40-33(42)23-12-8-7-9-13-23/h7-16,19,21-22,24,30H,6,17-18,20H2,1-5H3,(H,39,43)(H,40,42)(H,41,44)/b29-22-. The van der Waals surface area contributed by atoms with E-state index in [0.29, 0.717) is 34.2 Å². The minimum atomic E-state index is -0.477. The summed E-state index contributed by atoms with van der Waals surface area (Å²) in [7, 11) is 1.37. The molecule has 4 aromatic rings. The first-order valence-electron chi connectivity index (χ1n) is 16.2. The van der Waals surface area contributed by atoms with Gasteiger partial charge in [0.05, 0.1) is 17.9 Å². The van der Waals surface area contributed by atoms with Crippen LogP contribution in [0.4, 0.5) is 10.7 Å². The summed E-state index contributed by atoms with van der Waals surface area (Å²) >= 11 is 4.31. The molecule has 1 aliphatic rings. The average molecular weight is 716 g/mol. The molecule has 49 heavy (non-hydrogen) atoms. The van der Waals surface area contributed by atoms with Crippen LogP contribution in [-0.4, -0.2) is 36.1 Å². The van der Waals surface area contributed by atoms with Gasteiger partial charge in [-0.15, -0.1) is 34.4 Å². The molecule has 2 heterocycles. The number of benzene rings is 2. The van der Waals surface area contributed by atoms with E-state index in [1.165, 1.54) is 41.5 Å². The van der Waals surface area contributed by atoms with E-state index < -0.39 is 23.0 Å². The normalized spacial score (nSPS) is 15.1. The summed E-state index contributed by atoms with van der Waals surface area (Å²) in [6.07, 6.45) is 4.81. The Balaban J connectivity index is 1.30. The van der Waals surface area contributed by atoms with E-state index in [4.69, 9.17) is 4.74 Å². The molecule has 3 N–H and O–H groups in total. The van der Waals surface area contributed by atoms with Crippen LogP contribution < -0.4 is 16.0 Å². The smallest absolute Gasteiger partial charge is 0.341 e. The average Bonchev–Trinajstić information content (AvgIpc) is 3.73. The van der Waals surface area contributed by atoms with Crippen LogP contribution in [-0.2, 0) is 27.2 Å². The van der Waals surface area contributed by atoms with E-state index in [1.807, 2.05) is 42.6 Å². The Labute approximate surface area is 299 Å². The van der Waals surface area contributed by atoms with Gasteiger partial charge in [-0.2, -0.15) is 0 Å². The molecule has 0 spiro atoms. The lowest BCUT2D eigenvalue weighted by atomic mass is 9.72. The number of fused-ring (bicyclic) bond motifs is 1. The van der Waals surface area contributed by atoms with Crippen molar-refractivity contribution >= 4 is 74.9 Å². The van der Waals surface area contributed by atoms with Gasteiger partial charge in [-0.25, -0.2) is 4.79 Å². The molecule has 5 rings (SSSR count). The molecule has 1 aliphatic carbocycles. The van der Waals surface area contributed by atoms with Crippen molar-refractivity contribution in [2.24, 2.45) is 11.3 Å². The van der Waals surface area contributed by atoms with Gasteiger partial charge in [0.2, 0.25) is 5.91 Å². The van der Waals surface area contributed by atoms with E-state index in [9.17, 15) is 19.2 Å². The first-order valence-corrected chi connectivity index (χ1v) is 18.8. The van der Waals surface area contributed by atoms with E-state index in [2.05, 4.69) is 36.7 Å². The van der Waals surface area contributed by atoms with Crippen LogP contribution in [0.25, 0.3) is 6.08 Å². The second-order valence-electron chi connectivity index (χ2n) is 12.9. The molecule has 0 saturated carbocycles. The summed E-state index contributed by atoms with van der Waals surface area (Å²) in [6.45, 7) is 8.67. The molecule has 256 valence electrons. The van der Waals surface area contributed by atoms with E-state index in [-0.39, 0.29) is 17.0 Å². The predicted octanol–water partition coefficient (Wildman–Crippen LogP) is 8.67. The zero-order valence-corrected chi connectivity index (χ0v) is 30.7. The molecule has 2 aromatic carbocycles. The topological polar surface area (TPSA) is 114 Å². The van der Waals surface area contributed by atoms with Crippen molar-refractivity contribution in [1.29, 1.82) is 0 Å². The maximum Gasteiger partial charge on any atom is 0.341 e. The van der Waals surface area contributed by atoms with Crippen molar-refractivity contribution in [3.05, 3.63) is 104 Å². The Morgan fingerprint density at radius 2 is 1.80 bits per heavy atom. The van der Waals surface area contributed by atoms with Crippen LogP contribution in [0.1, 0.15) is 76.6 Å². The number of nitrogens with one attached hydrogen (secondary N) is 3. The zero-order chi connectivity index (χ0) is 35.1. The number of esters is 1. The number of ether oxygens (including phenoxy) is 1. The third-order valence-corrected chi connectivity index (χ3v) is 11.9. The summed E-state index contributed by atoms with van der Waals surface area (Å²) < 4.78 is 5.14. The summed E-state index contributed by atoms with van der Waals surface area (Å²) in [5.74, 6) is -1.02. The van der Waals surface area contributed by atoms with Crippen LogP contribution in [0.2, 0.25) is 0 Å². The third kappa shape index (κ3) is 9.09. The Morgan fingerprint density at radius 3 is 2.47 bits per heavy atom. The van der Waals surface area contributed by atoms with Gasteiger partial charge in [-0.05, 0) is 90.4 Å². The quantitative estimate of drug-likeness (QED) is 0.0814. The van der Waals surface area contributed by atoms with E-state index >= 15 is 0 Å². The van der Waals surface area contributed by atoms with Gasteiger partial charge in [0.25, 0.3) is 11.8 Å². The van der Waals surface area contributed by atoms with Crippen molar-refractivity contribution in [1.82, 2.24) is 5.32 Å². The molecule has 0 radical (unpaired) electrons. The number of carbonyl (C=O) groups excluding carboxylic acids is 4. The van der Waals surface area contributed by atoms with Crippen LogP contribution in [0.5, 0.6) is 0 Å². The molecule has 0 saturated heterocycles. The highest BCUT2D eigenvalue weighted by atomic mass is 32.2. The highest BCUT2D eigenvalue weighted by molar-refractivity contribution is 8.00. The molecule has 11 heteroatoms. The molecular formula is C38H41N3O5S3. The van der Waals surface area contributed by atoms with Gasteiger partial charge in [0, 0.05) is 25.9 Å². The maximum absolute atomic E-state index is 13.7. The van der Waals surface area contributed by atoms with Crippen molar-refractivity contribution in [2.75, 3.05) is 17.7 Å². The van der Waals surface area contributed by atoms with Gasteiger partial charge in [0.15, 0.2) is 0 Å². The maximum atomic E-state index is 13.7. The van der Waals surface area contributed by atoms with Gasteiger partial charge < -0.3 is 20.7 Å².